The predicted octanol–water partition coefficient (Wildman–Crippen LogP) is 26.3. The van der Waals surface area contributed by atoms with Crippen LogP contribution in [0.2, 0.25) is 0 Å². The summed E-state index contributed by atoms with van der Waals surface area (Å²) in [5.74, 6) is 0. The van der Waals surface area contributed by atoms with Crippen LogP contribution in [0.5, 0.6) is 0 Å². The molecule has 2 aromatic rings. The maximum atomic E-state index is 5.57. The molecule has 0 radical (unpaired) electrons. The molecule has 2 nitrogen and oxygen atoms in total. The largest absolute Gasteiger partial charge is 0.251 e. The van der Waals surface area contributed by atoms with E-state index in [1.165, 1.54) is 311 Å². The number of aryl methyl sites for hydroxylation is 2. The molecule has 444 valence electrons. The maximum Gasteiger partial charge on any atom is 0.0665 e. The summed E-state index contributed by atoms with van der Waals surface area (Å²) < 4.78 is 0. The molecule has 77 heavy (non-hydrogen) atoms. The van der Waals surface area contributed by atoms with Crippen molar-refractivity contribution >= 4 is 22.8 Å². The molecule has 0 atom stereocenters. The van der Waals surface area contributed by atoms with Gasteiger partial charge in [-0.1, -0.05) is 332 Å². The van der Waals surface area contributed by atoms with Gasteiger partial charge in [0.05, 0.1) is 22.8 Å². The first-order valence-corrected chi connectivity index (χ1v) is 34.3. The van der Waals surface area contributed by atoms with Crippen LogP contribution in [-0.2, 0) is 33.3 Å². The summed E-state index contributed by atoms with van der Waals surface area (Å²) in [7, 11) is 0. The standard InChI is InChI=1S/C74H128N2.Pd/c1-5-9-13-16-18-20-22-24-26-28-30-32-34-36-38-40-42-44-46-48-50-52-54-61-69-63-57-59-66-71(69)75-73(65-12-8-4)74(68-56-15-11-7-3)76-72-67-60-58-64-70(72)62-55-53-51-49-47-45-43-41-39-37-35-33-31-29-27-25-23-21-19-17-14-10-6-2;/h48-51,57-60,63-64,66-67H,5-47,52-56,61-62,65,68H2,1-4H3;. The number of allylic oxidation sites excluding steroid dienone is 4. The molecule has 0 fully saturated rings. The Labute approximate surface area is 495 Å². The second-order valence-electron chi connectivity index (χ2n) is 23.6. The van der Waals surface area contributed by atoms with Crippen molar-refractivity contribution in [3.63, 3.8) is 0 Å². The van der Waals surface area contributed by atoms with Crippen molar-refractivity contribution in [3.8, 4) is 0 Å². The molecule has 0 saturated heterocycles. The molecule has 3 heteroatoms. The predicted molar refractivity (Wildman–Crippen MR) is 346 cm³/mol. The summed E-state index contributed by atoms with van der Waals surface area (Å²) in [5.41, 5.74) is 7.51. The van der Waals surface area contributed by atoms with Gasteiger partial charge < -0.3 is 0 Å². The molecule has 0 aromatic heterocycles. The average molecular weight is 1150 g/mol. The number of hydrogen-bond acceptors (Lipinski definition) is 2. The molecule has 0 amide bonds. The smallest absolute Gasteiger partial charge is 0.0665 e. The Bertz CT molecular complexity index is 1650. The van der Waals surface area contributed by atoms with Gasteiger partial charge in [0.15, 0.2) is 0 Å². The summed E-state index contributed by atoms with van der Waals surface area (Å²) >= 11 is 0. The first-order chi connectivity index (χ1) is 37.7. The number of hydrogen-bond donors (Lipinski definition) is 0. The zero-order valence-corrected chi connectivity index (χ0v) is 53.5. The number of nitrogens with zero attached hydrogens (tertiary/aromatic N) is 2. The van der Waals surface area contributed by atoms with Gasteiger partial charge in [-0.2, -0.15) is 0 Å². The number of unbranched alkanes of at least 4 members (excludes halogenated alkanes) is 42. The summed E-state index contributed by atoms with van der Waals surface area (Å²) in [6, 6.07) is 18.0. The van der Waals surface area contributed by atoms with E-state index in [1.807, 2.05) is 0 Å². The monoisotopic (exact) mass is 1150 g/mol. The summed E-state index contributed by atoms with van der Waals surface area (Å²) in [6.07, 6.45) is 80.2. The quantitative estimate of drug-likeness (QED) is 0.0273. The first kappa shape index (κ1) is 72.9. The van der Waals surface area contributed by atoms with E-state index in [0.29, 0.717) is 0 Å². The molecule has 2 rings (SSSR count). The molecule has 0 bridgehead atoms. The molecule has 0 N–H and O–H groups in total. The SMILES string of the molecule is CCCCCCCCCCCCCCCCCCCCC=CCCCc1ccccc1N=C(CCCC)C(CCCCCC)=Nc1ccccc1CCCC=CCCCCCCCCCCCCCCCCCCCC.[Pd]. The number of benzene rings is 2. The molecule has 0 aliphatic rings. The Morgan fingerprint density at radius 1 is 0.273 bits per heavy atom. The van der Waals surface area contributed by atoms with Crippen molar-refractivity contribution in [1.82, 2.24) is 0 Å². The van der Waals surface area contributed by atoms with Crippen LogP contribution in [0.4, 0.5) is 11.4 Å². The van der Waals surface area contributed by atoms with E-state index in [0.717, 1.165) is 56.3 Å². The van der Waals surface area contributed by atoms with E-state index in [9.17, 15) is 0 Å². The van der Waals surface area contributed by atoms with Crippen molar-refractivity contribution in [2.45, 2.75) is 362 Å². The van der Waals surface area contributed by atoms with Crippen molar-refractivity contribution in [2.24, 2.45) is 9.98 Å². The van der Waals surface area contributed by atoms with Gasteiger partial charge in [-0.25, -0.2) is 0 Å². The van der Waals surface area contributed by atoms with Gasteiger partial charge in [-0.05, 0) is 113 Å². The van der Waals surface area contributed by atoms with Crippen molar-refractivity contribution < 1.29 is 20.4 Å². The molecule has 0 spiro atoms. The van der Waals surface area contributed by atoms with Gasteiger partial charge in [0.2, 0.25) is 0 Å². The normalized spacial score (nSPS) is 12.2. The Kier molecular flexibility index (Phi) is 55.5. The number of para-hydroxylation sites is 2. The molecule has 0 aliphatic carbocycles. The Balaban J connectivity index is 0.0000296. The summed E-state index contributed by atoms with van der Waals surface area (Å²) in [6.45, 7) is 9.24. The van der Waals surface area contributed by atoms with Crippen LogP contribution in [0.25, 0.3) is 0 Å². The molecular formula is C74H128N2Pd. The Morgan fingerprint density at radius 3 is 0.805 bits per heavy atom. The molecular weight excluding hydrogens is 1020 g/mol. The summed E-state index contributed by atoms with van der Waals surface area (Å²) in [4.78, 5) is 11.1. The third-order valence-electron chi connectivity index (χ3n) is 16.3. The van der Waals surface area contributed by atoms with Crippen molar-refractivity contribution in [2.75, 3.05) is 0 Å². The van der Waals surface area contributed by atoms with Gasteiger partial charge in [-0.3, -0.25) is 9.98 Å². The average Bonchev–Trinajstić information content (AvgIpc) is 3.44. The van der Waals surface area contributed by atoms with Crippen LogP contribution in [0.3, 0.4) is 0 Å². The third-order valence-corrected chi connectivity index (χ3v) is 16.3. The fourth-order valence-electron chi connectivity index (χ4n) is 11.2. The van der Waals surface area contributed by atoms with Crippen LogP contribution in [0.15, 0.2) is 82.8 Å². The minimum Gasteiger partial charge on any atom is -0.251 e. The first-order valence-electron chi connectivity index (χ1n) is 34.3. The molecule has 2 aromatic carbocycles. The van der Waals surface area contributed by atoms with Crippen LogP contribution in [0.1, 0.15) is 360 Å². The van der Waals surface area contributed by atoms with Gasteiger partial charge >= 0.3 is 0 Å². The second kappa shape index (κ2) is 58.6. The molecule has 0 heterocycles. The van der Waals surface area contributed by atoms with E-state index < -0.39 is 0 Å². The van der Waals surface area contributed by atoms with Crippen LogP contribution in [0, 0.1) is 0 Å². The molecule has 0 aliphatic heterocycles. The molecule has 0 saturated carbocycles. The Morgan fingerprint density at radius 2 is 0.506 bits per heavy atom. The van der Waals surface area contributed by atoms with E-state index in [1.54, 1.807) is 0 Å². The van der Waals surface area contributed by atoms with Crippen LogP contribution >= 0.6 is 0 Å². The fourth-order valence-corrected chi connectivity index (χ4v) is 11.2. The zero-order chi connectivity index (χ0) is 54.1. The summed E-state index contributed by atoms with van der Waals surface area (Å²) in [5, 5.41) is 0. The van der Waals surface area contributed by atoms with Gasteiger partial charge in [0, 0.05) is 20.4 Å². The van der Waals surface area contributed by atoms with Crippen LogP contribution < -0.4 is 0 Å². The van der Waals surface area contributed by atoms with E-state index in [-0.39, 0.29) is 20.4 Å². The molecule has 0 unspecified atom stereocenters. The topological polar surface area (TPSA) is 24.7 Å². The van der Waals surface area contributed by atoms with Crippen molar-refractivity contribution in [1.29, 1.82) is 0 Å². The number of aliphatic imine (C=N–C) groups is 2. The van der Waals surface area contributed by atoms with E-state index >= 15 is 0 Å². The Hall–Kier alpha value is -2.08. The van der Waals surface area contributed by atoms with Gasteiger partial charge in [0.1, 0.15) is 0 Å². The van der Waals surface area contributed by atoms with Gasteiger partial charge in [-0.15, -0.1) is 0 Å². The fraction of sp³-hybridized carbons (Fsp3) is 0.757. The van der Waals surface area contributed by atoms with Gasteiger partial charge in [0.25, 0.3) is 0 Å². The minimum atomic E-state index is 0. The third kappa shape index (κ3) is 45.3. The second-order valence-corrected chi connectivity index (χ2v) is 23.6. The minimum absolute atomic E-state index is 0. The maximum absolute atomic E-state index is 5.57. The van der Waals surface area contributed by atoms with Crippen LogP contribution in [-0.4, -0.2) is 11.4 Å². The number of rotatable bonds is 57. The zero-order valence-electron chi connectivity index (χ0n) is 51.9. The van der Waals surface area contributed by atoms with Crippen molar-refractivity contribution in [3.05, 3.63) is 84.0 Å². The van der Waals surface area contributed by atoms with E-state index in [4.69, 9.17) is 9.98 Å². The van der Waals surface area contributed by atoms with E-state index in [2.05, 4.69) is 101 Å².